The van der Waals surface area contributed by atoms with Crippen molar-refractivity contribution in [3.05, 3.63) is 35.1 Å². The Kier molecular flexibility index (Phi) is 2.94. The number of hydrogen-bond donors (Lipinski definition) is 1. The first-order valence-electron chi connectivity index (χ1n) is 6.67. The van der Waals surface area contributed by atoms with Crippen LogP contribution in [-0.2, 0) is 11.2 Å². The quantitative estimate of drug-likeness (QED) is 0.888. The molecule has 0 aliphatic carbocycles. The Morgan fingerprint density at radius 3 is 2.89 bits per heavy atom. The van der Waals surface area contributed by atoms with Gasteiger partial charge in [0.15, 0.2) is 0 Å². The molecule has 0 radical (unpaired) electrons. The minimum absolute atomic E-state index is 0.174. The maximum absolute atomic E-state index is 13.0. The average Bonchev–Trinajstić information content (AvgIpc) is 2.94. The second-order valence-electron chi connectivity index (χ2n) is 5.60. The zero-order chi connectivity index (χ0) is 12.7. The van der Waals surface area contributed by atoms with E-state index in [0.29, 0.717) is 24.3 Å². The topological polar surface area (TPSA) is 29.1 Å². The molecule has 3 rings (SSSR count). The van der Waals surface area contributed by atoms with Crippen molar-refractivity contribution in [2.45, 2.75) is 44.7 Å². The Morgan fingerprint density at radius 1 is 1.44 bits per heavy atom. The third-order valence-corrected chi connectivity index (χ3v) is 4.38. The third-order valence-electron chi connectivity index (χ3n) is 4.38. The highest BCUT2D eigenvalue weighted by Gasteiger charge is 2.42. The lowest BCUT2D eigenvalue weighted by Gasteiger charge is -2.19. The Labute approximate surface area is 107 Å². The van der Waals surface area contributed by atoms with Gasteiger partial charge in [0, 0.05) is 24.4 Å². The summed E-state index contributed by atoms with van der Waals surface area (Å²) in [7, 11) is 0. The fraction of sp³-hybridized carbons (Fsp3) is 0.533. The lowest BCUT2D eigenvalue weighted by molar-refractivity contribution is -0.122. The van der Waals surface area contributed by atoms with Gasteiger partial charge in [-0.05, 0) is 49.4 Å². The number of ketones is 1. The van der Waals surface area contributed by atoms with Crippen LogP contribution < -0.4 is 5.32 Å². The molecule has 2 aliphatic heterocycles. The van der Waals surface area contributed by atoms with Crippen LogP contribution in [0.25, 0.3) is 0 Å². The maximum atomic E-state index is 13.0. The molecule has 2 heterocycles. The number of halogens is 1. The van der Waals surface area contributed by atoms with Crippen molar-refractivity contribution >= 4 is 5.78 Å². The first-order valence-corrected chi connectivity index (χ1v) is 6.67. The minimum Gasteiger partial charge on any atom is -0.310 e. The molecule has 18 heavy (non-hydrogen) atoms. The van der Waals surface area contributed by atoms with Gasteiger partial charge in [-0.2, -0.15) is 0 Å². The van der Waals surface area contributed by atoms with Gasteiger partial charge >= 0.3 is 0 Å². The number of aryl methyl sites for hydroxylation is 1. The highest BCUT2D eigenvalue weighted by molar-refractivity contribution is 5.84. The number of benzene rings is 1. The standard InChI is InChI=1S/C15H18FNO/c1-9-6-11(16)3-2-10(9)7-15(18)13-8-12-4-5-14(13)17-12/h2-3,6,12-14,17H,4-5,7-8H2,1H3. The van der Waals surface area contributed by atoms with Gasteiger partial charge in [0.25, 0.3) is 0 Å². The summed E-state index contributed by atoms with van der Waals surface area (Å²) in [6.45, 7) is 1.87. The van der Waals surface area contributed by atoms with Crippen LogP contribution in [0.5, 0.6) is 0 Å². The van der Waals surface area contributed by atoms with Crippen LogP contribution >= 0.6 is 0 Å². The van der Waals surface area contributed by atoms with Gasteiger partial charge in [0.1, 0.15) is 11.6 Å². The predicted octanol–water partition coefficient (Wildman–Crippen LogP) is 2.39. The normalized spacial score (nSPS) is 29.8. The fourth-order valence-corrected chi connectivity index (χ4v) is 3.36. The summed E-state index contributed by atoms with van der Waals surface area (Å²) in [5, 5.41) is 3.49. The van der Waals surface area contributed by atoms with Gasteiger partial charge in [-0.1, -0.05) is 6.07 Å². The van der Waals surface area contributed by atoms with Crippen LogP contribution in [0.2, 0.25) is 0 Å². The van der Waals surface area contributed by atoms with Crippen molar-refractivity contribution in [2.75, 3.05) is 0 Å². The van der Waals surface area contributed by atoms with Crippen molar-refractivity contribution in [3.8, 4) is 0 Å². The Hall–Kier alpha value is -1.22. The van der Waals surface area contributed by atoms with Crippen molar-refractivity contribution in [3.63, 3.8) is 0 Å². The van der Waals surface area contributed by atoms with Crippen LogP contribution in [0.15, 0.2) is 18.2 Å². The van der Waals surface area contributed by atoms with Gasteiger partial charge in [0.2, 0.25) is 0 Å². The highest BCUT2D eigenvalue weighted by atomic mass is 19.1. The van der Waals surface area contributed by atoms with Crippen molar-refractivity contribution in [1.29, 1.82) is 0 Å². The molecule has 3 heteroatoms. The molecule has 96 valence electrons. The maximum Gasteiger partial charge on any atom is 0.141 e. The number of nitrogens with one attached hydrogen (secondary N) is 1. The van der Waals surface area contributed by atoms with E-state index < -0.39 is 0 Å². The molecule has 1 aromatic rings. The van der Waals surface area contributed by atoms with Crippen LogP contribution in [-0.4, -0.2) is 17.9 Å². The average molecular weight is 247 g/mol. The summed E-state index contributed by atoms with van der Waals surface area (Å²) in [6, 6.07) is 5.63. The van der Waals surface area contributed by atoms with E-state index in [1.165, 1.54) is 18.6 Å². The zero-order valence-corrected chi connectivity index (χ0v) is 10.6. The molecular formula is C15H18FNO. The number of Topliss-reactive ketones (excluding diaryl/α,β-unsaturated/α-hetero) is 1. The summed E-state index contributed by atoms with van der Waals surface area (Å²) in [4.78, 5) is 12.3. The number of carbonyl (C=O) groups is 1. The van der Waals surface area contributed by atoms with Gasteiger partial charge < -0.3 is 5.32 Å². The molecule has 2 nitrogen and oxygen atoms in total. The van der Waals surface area contributed by atoms with E-state index in [4.69, 9.17) is 0 Å². The number of carbonyl (C=O) groups excluding carboxylic acids is 1. The van der Waals surface area contributed by atoms with E-state index in [0.717, 1.165) is 24.0 Å². The SMILES string of the molecule is Cc1cc(F)ccc1CC(=O)C1CC2CCC1N2. The van der Waals surface area contributed by atoms with E-state index >= 15 is 0 Å². The molecule has 1 aromatic carbocycles. The van der Waals surface area contributed by atoms with Crippen molar-refractivity contribution < 1.29 is 9.18 Å². The zero-order valence-electron chi connectivity index (χ0n) is 10.6. The van der Waals surface area contributed by atoms with Gasteiger partial charge in [0.05, 0.1) is 0 Å². The van der Waals surface area contributed by atoms with Crippen LogP contribution in [0.1, 0.15) is 30.4 Å². The Balaban J connectivity index is 1.71. The van der Waals surface area contributed by atoms with Crippen molar-refractivity contribution in [2.24, 2.45) is 5.92 Å². The summed E-state index contributed by atoms with van der Waals surface area (Å²) < 4.78 is 13.0. The number of rotatable bonds is 3. The first-order chi connectivity index (χ1) is 8.63. The van der Waals surface area contributed by atoms with E-state index in [1.807, 2.05) is 6.92 Å². The van der Waals surface area contributed by atoms with Crippen LogP contribution in [0, 0.1) is 18.7 Å². The molecule has 2 saturated heterocycles. The second-order valence-corrected chi connectivity index (χ2v) is 5.60. The van der Waals surface area contributed by atoms with E-state index in [2.05, 4.69) is 5.32 Å². The smallest absolute Gasteiger partial charge is 0.141 e. The van der Waals surface area contributed by atoms with E-state index in [9.17, 15) is 9.18 Å². The molecule has 3 unspecified atom stereocenters. The van der Waals surface area contributed by atoms with E-state index in [1.54, 1.807) is 6.07 Å². The molecular weight excluding hydrogens is 229 g/mol. The van der Waals surface area contributed by atoms with Crippen LogP contribution in [0.4, 0.5) is 4.39 Å². The summed E-state index contributed by atoms with van der Waals surface area (Å²) in [5.74, 6) is 0.253. The molecule has 0 saturated carbocycles. The summed E-state index contributed by atoms with van der Waals surface area (Å²) in [6.07, 6.45) is 3.78. The molecule has 0 aromatic heterocycles. The monoisotopic (exact) mass is 247 g/mol. The van der Waals surface area contributed by atoms with Gasteiger partial charge in [-0.3, -0.25) is 4.79 Å². The minimum atomic E-state index is -0.231. The predicted molar refractivity (Wildman–Crippen MR) is 67.9 cm³/mol. The number of fused-ring (bicyclic) bond motifs is 2. The lowest BCUT2D eigenvalue weighted by atomic mass is 9.83. The number of hydrogen-bond acceptors (Lipinski definition) is 2. The van der Waals surface area contributed by atoms with Gasteiger partial charge in [-0.25, -0.2) is 4.39 Å². The largest absolute Gasteiger partial charge is 0.310 e. The Morgan fingerprint density at radius 2 is 2.28 bits per heavy atom. The lowest BCUT2D eigenvalue weighted by Crippen LogP contribution is -2.29. The molecule has 2 aliphatic rings. The van der Waals surface area contributed by atoms with Crippen LogP contribution in [0.3, 0.4) is 0 Å². The molecule has 2 bridgehead atoms. The van der Waals surface area contributed by atoms with E-state index in [-0.39, 0.29) is 11.7 Å². The molecule has 0 spiro atoms. The van der Waals surface area contributed by atoms with Gasteiger partial charge in [-0.15, -0.1) is 0 Å². The first kappa shape index (κ1) is 11.8. The third kappa shape index (κ3) is 2.07. The second kappa shape index (κ2) is 4.47. The molecule has 1 N–H and O–H groups in total. The van der Waals surface area contributed by atoms with Crippen molar-refractivity contribution in [1.82, 2.24) is 5.32 Å². The summed E-state index contributed by atoms with van der Waals surface area (Å²) >= 11 is 0. The highest BCUT2D eigenvalue weighted by Crippen LogP contribution is 2.34. The molecule has 3 atom stereocenters. The summed E-state index contributed by atoms with van der Waals surface area (Å²) in [5.41, 5.74) is 1.84. The fourth-order valence-electron chi connectivity index (χ4n) is 3.36. The Bertz CT molecular complexity index is 485. The molecule has 0 amide bonds. The molecule has 2 fully saturated rings.